The molecule has 110 valence electrons. The Morgan fingerprint density at radius 2 is 1.95 bits per heavy atom. The van der Waals surface area contributed by atoms with E-state index in [0.29, 0.717) is 28.7 Å². The molecule has 3 rings (SSSR count). The van der Waals surface area contributed by atoms with E-state index in [2.05, 4.69) is 0 Å². The molecule has 4 nitrogen and oxygen atoms in total. The summed E-state index contributed by atoms with van der Waals surface area (Å²) in [7, 11) is -3.46. The molecule has 0 aromatic heterocycles. The van der Waals surface area contributed by atoms with Gasteiger partial charge in [-0.25, -0.2) is 8.42 Å². The van der Waals surface area contributed by atoms with Crippen LogP contribution in [0.3, 0.4) is 0 Å². The summed E-state index contributed by atoms with van der Waals surface area (Å²) in [5, 5.41) is 0.434. The van der Waals surface area contributed by atoms with Gasteiger partial charge in [-0.1, -0.05) is 11.6 Å². The summed E-state index contributed by atoms with van der Waals surface area (Å²) in [5.41, 5.74) is 6.84. The lowest BCUT2D eigenvalue weighted by Gasteiger charge is -2.22. The van der Waals surface area contributed by atoms with Gasteiger partial charge in [-0.3, -0.25) is 0 Å². The fraction of sp³-hybridized carbons (Fsp3) is 0.571. The van der Waals surface area contributed by atoms with Crippen molar-refractivity contribution in [1.82, 2.24) is 4.31 Å². The van der Waals surface area contributed by atoms with Crippen LogP contribution in [0.4, 0.5) is 5.69 Å². The molecule has 2 saturated carbocycles. The van der Waals surface area contributed by atoms with Gasteiger partial charge in [-0.05, 0) is 56.2 Å². The Morgan fingerprint density at radius 3 is 2.45 bits per heavy atom. The molecule has 1 aromatic rings. The number of nitrogens with two attached hydrogens (primary N) is 1. The monoisotopic (exact) mass is 314 g/mol. The first-order valence-electron chi connectivity index (χ1n) is 6.97. The van der Waals surface area contributed by atoms with Gasteiger partial charge in [0.1, 0.15) is 0 Å². The van der Waals surface area contributed by atoms with Crippen LogP contribution < -0.4 is 5.73 Å². The molecular formula is C14H19ClN2O2S. The van der Waals surface area contributed by atoms with Crippen LogP contribution in [0.15, 0.2) is 17.0 Å². The molecule has 20 heavy (non-hydrogen) atoms. The maximum atomic E-state index is 12.8. The summed E-state index contributed by atoms with van der Waals surface area (Å²) in [4.78, 5) is 0.268. The third-order valence-corrected chi connectivity index (χ3v) is 6.36. The summed E-state index contributed by atoms with van der Waals surface area (Å²) in [6.45, 7) is 2.43. The van der Waals surface area contributed by atoms with Gasteiger partial charge in [0.05, 0.1) is 15.6 Å². The zero-order chi connectivity index (χ0) is 14.5. The first-order valence-corrected chi connectivity index (χ1v) is 8.79. The van der Waals surface area contributed by atoms with E-state index in [9.17, 15) is 8.42 Å². The third-order valence-electron chi connectivity index (χ3n) is 3.95. The number of halogens is 1. The predicted molar refractivity (Wildman–Crippen MR) is 80.2 cm³/mol. The normalized spacial score (nSPS) is 19.6. The Bertz CT molecular complexity index is 614. The van der Waals surface area contributed by atoms with Crippen molar-refractivity contribution in [2.45, 2.75) is 43.5 Å². The number of rotatable bonds is 5. The van der Waals surface area contributed by atoms with Gasteiger partial charge < -0.3 is 5.73 Å². The minimum absolute atomic E-state index is 0.179. The standard InChI is InChI=1S/C14H19ClN2O2S/c1-9-6-12(7-13(16)14(9)15)20(18,19)17(11-4-5-11)8-10-2-3-10/h6-7,10-11H,2-5,8,16H2,1H3. The number of nitrogens with zero attached hydrogens (tertiary/aromatic N) is 1. The number of hydrogen-bond donors (Lipinski definition) is 1. The summed E-state index contributed by atoms with van der Waals surface area (Å²) in [6.07, 6.45) is 4.21. The summed E-state index contributed by atoms with van der Waals surface area (Å²) in [5.74, 6) is 0.538. The number of nitrogen functional groups attached to an aromatic ring is 1. The second-order valence-corrected chi connectivity index (χ2v) is 8.16. The fourth-order valence-electron chi connectivity index (χ4n) is 2.41. The highest BCUT2D eigenvalue weighted by molar-refractivity contribution is 7.89. The predicted octanol–water partition coefficient (Wildman–Crippen LogP) is 2.79. The van der Waals surface area contributed by atoms with Crippen LogP contribution in [0.25, 0.3) is 0 Å². The van der Waals surface area contributed by atoms with E-state index >= 15 is 0 Å². The van der Waals surface area contributed by atoms with Crippen LogP contribution in [0.5, 0.6) is 0 Å². The highest BCUT2D eigenvalue weighted by Crippen LogP contribution is 2.39. The SMILES string of the molecule is Cc1cc(S(=O)(=O)N(CC2CC2)C2CC2)cc(N)c1Cl. The van der Waals surface area contributed by atoms with Crippen molar-refractivity contribution in [2.24, 2.45) is 5.92 Å². The zero-order valence-corrected chi connectivity index (χ0v) is 13.0. The van der Waals surface area contributed by atoms with E-state index in [1.807, 2.05) is 0 Å². The Balaban J connectivity index is 1.96. The van der Waals surface area contributed by atoms with Crippen LogP contribution in [0, 0.1) is 12.8 Å². The Kier molecular flexibility index (Phi) is 3.47. The summed E-state index contributed by atoms with van der Waals surface area (Å²) in [6, 6.07) is 3.28. The molecule has 1 aromatic carbocycles. The van der Waals surface area contributed by atoms with E-state index in [0.717, 1.165) is 25.7 Å². The maximum absolute atomic E-state index is 12.8. The molecule has 0 atom stereocenters. The van der Waals surface area contributed by atoms with Crippen LogP contribution >= 0.6 is 11.6 Å². The van der Waals surface area contributed by atoms with Crippen molar-refractivity contribution in [1.29, 1.82) is 0 Å². The fourth-order valence-corrected chi connectivity index (χ4v) is 4.40. The molecule has 0 unspecified atom stereocenters. The lowest BCUT2D eigenvalue weighted by atomic mass is 10.2. The maximum Gasteiger partial charge on any atom is 0.243 e. The second kappa shape index (κ2) is 4.90. The largest absolute Gasteiger partial charge is 0.397 e. The van der Waals surface area contributed by atoms with Crippen LogP contribution in [-0.2, 0) is 10.0 Å². The number of benzene rings is 1. The molecule has 2 aliphatic carbocycles. The van der Waals surface area contributed by atoms with Crippen LogP contribution in [-0.4, -0.2) is 25.3 Å². The highest BCUT2D eigenvalue weighted by atomic mass is 35.5. The molecule has 0 radical (unpaired) electrons. The van der Waals surface area contributed by atoms with Gasteiger partial charge in [0.15, 0.2) is 0 Å². The number of aryl methyl sites for hydroxylation is 1. The molecule has 2 N–H and O–H groups in total. The van der Waals surface area contributed by atoms with E-state index in [1.54, 1.807) is 17.3 Å². The molecule has 0 aliphatic heterocycles. The molecule has 0 bridgehead atoms. The highest BCUT2D eigenvalue weighted by Gasteiger charge is 2.41. The quantitative estimate of drug-likeness (QED) is 0.850. The molecule has 0 heterocycles. The number of sulfonamides is 1. The van der Waals surface area contributed by atoms with E-state index in [4.69, 9.17) is 17.3 Å². The van der Waals surface area contributed by atoms with Crippen molar-refractivity contribution >= 4 is 27.3 Å². The van der Waals surface area contributed by atoms with E-state index in [-0.39, 0.29) is 10.9 Å². The van der Waals surface area contributed by atoms with Crippen molar-refractivity contribution in [3.05, 3.63) is 22.7 Å². The van der Waals surface area contributed by atoms with Crippen LogP contribution in [0.2, 0.25) is 5.02 Å². The van der Waals surface area contributed by atoms with Gasteiger partial charge in [0.2, 0.25) is 10.0 Å². The van der Waals surface area contributed by atoms with Crippen molar-refractivity contribution in [2.75, 3.05) is 12.3 Å². The Hall–Kier alpha value is -0.780. The smallest absolute Gasteiger partial charge is 0.243 e. The molecule has 0 amide bonds. The van der Waals surface area contributed by atoms with Gasteiger partial charge >= 0.3 is 0 Å². The zero-order valence-electron chi connectivity index (χ0n) is 11.5. The molecule has 2 aliphatic rings. The summed E-state index contributed by atoms with van der Waals surface area (Å²) >= 11 is 6.02. The Labute approximate surface area is 125 Å². The summed E-state index contributed by atoms with van der Waals surface area (Å²) < 4.78 is 27.3. The first kappa shape index (κ1) is 14.2. The number of anilines is 1. The van der Waals surface area contributed by atoms with Gasteiger partial charge in [-0.2, -0.15) is 4.31 Å². The van der Waals surface area contributed by atoms with Gasteiger partial charge in [0.25, 0.3) is 0 Å². The van der Waals surface area contributed by atoms with E-state index in [1.165, 1.54) is 6.07 Å². The van der Waals surface area contributed by atoms with E-state index < -0.39 is 10.0 Å². The van der Waals surface area contributed by atoms with Crippen LogP contribution in [0.1, 0.15) is 31.2 Å². The van der Waals surface area contributed by atoms with Gasteiger partial charge in [0, 0.05) is 12.6 Å². The molecular weight excluding hydrogens is 296 g/mol. The minimum Gasteiger partial charge on any atom is -0.397 e. The van der Waals surface area contributed by atoms with Crippen molar-refractivity contribution in [3.63, 3.8) is 0 Å². The average molecular weight is 315 g/mol. The first-order chi connectivity index (χ1) is 9.39. The second-order valence-electron chi connectivity index (χ2n) is 5.89. The molecule has 6 heteroatoms. The molecule has 0 spiro atoms. The van der Waals surface area contributed by atoms with Crippen molar-refractivity contribution in [3.8, 4) is 0 Å². The molecule has 2 fully saturated rings. The van der Waals surface area contributed by atoms with Gasteiger partial charge in [-0.15, -0.1) is 0 Å². The average Bonchev–Trinajstić information content (AvgIpc) is 3.25. The molecule has 0 saturated heterocycles. The lowest BCUT2D eigenvalue weighted by molar-refractivity contribution is 0.389. The topological polar surface area (TPSA) is 63.4 Å². The van der Waals surface area contributed by atoms with Crippen molar-refractivity contribution < 1.29 is 8.42 Å². The third kappa shape index (κ3) is 2.67. The lowest BCUT2D eigenvalue weighted by Crippen LogP contribution is -2.35. The minimum atomic E-state index is -3.46. The number of hydrogen-bond acceptors (Lipinski definition) is 3. The Morgan fingerprint density at radius 1 is 1.30 bits per heavy atom.